The van der Waals surface area contributed by atoms with Crippen molar-refractivity contribution in [3.63, 3.8) is 0 Å². The van der Waals surface area contributed by atoms with E-state index >= 15 is 0 Å². The number of benzene rings is 1. The van der Waals surface area contributed by atoms with Crippen LogP contribution in [0.2, 0.25) is 0 Å². The number of amides is 3. The van der Waals surface area contributed by atoms with E-state index in [1.807, 2.05) is 18.4 Å². The Bertz CT molecular complexity index is 935. The Morgan fingerprint density at radius 2 is 2.09 bits per heavy atom. The number of ether oxygens (including phenoxy) is 1. The smallest absolute Gasteiger partial charge is 0.317 e. The molecule has 2 atom stereocenters. The summed E-state index contributed by atoms with van der Waals surface area (Å²) in [7, 11) is 0. The monoisotopic (exact) mass is 475 g/mol. The SMILES string of the molecule is CCCNC(=O)N(CC(=O)N1CCc2sccc2[C@@H]1COc1ccccc1F)C[C@@H](C)CC. The summed E-state index contributed by atoms with van der Waals surface area (Å²) in [6.07, 6.45) is 2.52. The van der Waals surface area contributed by atoms with E-state index in [2.05, 4.69) is 19.2 Å². The standard InChI is InChI=1S/C25H34FN3O3S/c1-4-12-27-25(31)28(15-18(3)5-2)16-24(30)29-13-10-23-19(11-14-33-23)21(29)17-32-22-9-7-6-8-20(22)26/h6-9,11,14,18,21H,4-5,10,12-13,15-17H2,1-3H3,(H,27,31)/t18-,21-/m0/s1. The number of hydrogen-bond donors (Lipinski definition) is 1. The fourth-order valence-electron chi connectivity index (χ4n) is 3.93. The van der Waals surface area contributed by atoms with Gasteiger partial charge in [-0.15, -0.1) is 11.3 Å². The van der Waals surface area contributed by atoms with Crippen LogP contribution in [0.1, 0.15) is 50.1 Å². The summed E-state index contributed by atoms with van der Waals surface area (Å²) in [6, 6.07) is 7.76. The maximum Gasteiger partial charge on any atom is 0.317 e. The van der Waals surface area contributed by atoms with Crippen LogP contribution in [0.25, 0.3) is 0 Å². The van der Waals surface area contributed by atoms with Gasteiger partial charge in [0.1, 0.15) is 13.2 Å². The minimum Gasteiger partial charge on any atom is -0.488 e. The molecule has 3 rings (SSSR count). The Kier molecular flexibility index (Phi) is 9.11. The van der Waals surface area contributed by atoms with Crippen molar-refractivity contribution in [1.29, 1.82) is 0 Å². The summed E-state index contributed by atoms with van der Waals surface area (Å²) in [5.41, 5.74) is 1.04. The lowest BCUT2D eigenvalue weighted by Crippen LogP contribution is -2.50. The lowest BCUT2D eigenvalue weighted by atomic mass is 10.00. The van der Waals surface area contributed by atoms with Crippen molar-refractivity contribution in [1.82, 2.24) is 15.1 Å². The fraction of sp³-hybridized carbons (Fsp3) is 0.520. The number of para-hydroxylation sites is 1. The molecule has 2 aromatic rings. The van der Waals surface area contributed by atoms with Gasteiger partial charge in [0.2, 0.25) is 5.91 Å². The van der Waals surface area contributed by atoms with Gasteiger partial charge in [0.15, 0.2) is 11.6 Å². The number of carbonyl (C=O) groups is 2. The molecule has 180 valence electrons. The minimum absolute atomic E-state index is 0.00948. The van der Waals surface area contributed by atoms with E-state index in [9.17, 15) is 14.0 Å². The molecule has 0 aliphatic carbocycles. The van der Waals surface area contributed by atoms with Crippen molar-refractivity contribution in [3.8, 4) is 5.75 Å². The quantitative estimate of drug-likeness (QED) is 0.534. The van der Waals surface area contributed by atoms with Gasteiger partial charge in [-0.05, 0) is 47.9 Å². The fourth-order valence-corrected chi connectivity index (χ4v) is 4.86. The summed E-state index contributed by atoms with van der Waals surface area (Å²) in [5, 5.41) is 4.91. The number of fused-ring (bicyclic) bond motifs is 1. The van der Waals surface area contributed by atoms with Crippen molar-refractivity contribution < 1.29 is 18.7 Å². The van der Waals surface area contributed by atoms with Crippen LogP contribution >= 0.6 is 11.3 Å². The molecule has 1 aromatic heterocycles. The zero-order valence-corrected chi connectivity index (χ0v) is 20.5. The molecule has 1 aliphatic heterocycles. The van der Waals surface area contributed by atoms with Crippen molar-refractivity contribution >= 4 is 23.3 Å². The van der Waals surface area contributed by atoms with Crippen molar-refractivity contribution in [3.05, 3.63) is 52.0 Å². The normalized spacial score (nSPS) is 16.1. The van der Waals surface area contributed by atoms with Gasteiger partial charge >= 0.3 is 6.03 Å². The van der Waals surface area contributed by atoms with Crippen LogP contribution in [0.4, 0.5) is 9.18 Å². The van der Waals surface area contributed by atoms with Crippen molar-refractivity contribution in [2.75, 3.05) is 32.8 Å². The molecule has 1 aliphatic rings. The molecular formula is C25H34FN3O3S. The second-order valence-electron chi connectivity index (χ2n) is 8.52. The highest BCUT2D eigenvalue weighted by Crippen LogP contribution is 2.34. The third-order valence-corrected chi connectivity index (χ3v) is 7.01. The Balaban J connectivity index is 1.76. The van der Waals surface area contributed by atoms with Crippen LogP contribution in [-0.4, -0.2) is 54.5 Å². The number of hydrogen-bond acceptors (Lipinski definition) is 4. The molecule has 8 heteroatoms. The molecule has 0 bridgehead atoms. The molecule has 2 heterocycles. The van der Waals surface area contributed by atoms with Crippen LogP contribution < -0.4 is 10.1 Å². The van der Waals surface area contributed by atoms with E-state index in [1.165, 1.54) is 10.9 Å². The number of rotatable bonds is 10. The topological polar surface area (TPSA) is 61.9 Å². The molecule has 33 heavy (non-hydrogen) atoms. The highest BCUT2D eigenvalue weighted by molar-refractivity contribution is 7.10. The number of halogens is 1. The highest BCUT2D eigenvalue weighted by Gasteiger charge is 2.33. The number of nitrogens with one attached hydrogen (secondary N) is 1. The second-order valence-corrected chi connectivity index (χ2v) is 9.52. The zero-order chi connectivity index (χ0) is 23.8. The van der Waals surface area contributed by atoms with Gasteiger partial charge in [0.25, 0.3) is 0 Å². The molecule has 3 amide bonds. The van der Waals surface area contributed by atoms with Crippen molar-refractivity contribution in [2.45, 2.75) is 46.1 Å². The average molecular weight is 476 g/mol. The van der Waals surface area contributed by atoms with E-state index < -0.39 is 5.82 Å². The van der Waals surface area contributed by atoms with Crippen LogP contribution in [-0.2, 0) is 11.2 Å². The third kappa shape index (κ3) is 6.47. The average Bonchev–Trinajstić information content (AvgIpc) is 3.30. The number of nitrogens with zero attached hydrogens (tertiary/aromatic N) is 2. The largest absolute Gasteiger partial charge is 0.488 e. The van der Waals surface area contributed by atoms with E-state index in [-0.39, 0.29) is 42.8 Å². The Morgan fingerprint density at radius 1 is 1.30 bits per heavy atom. The number of thiophene rings is 1. The molecule has 1 aromatic carbocycles. The molecule has 0 fully saturated rings. The molecule has 0 spiro atoms. The van der Waals surface area contributed by atoms with Gasteiger partial charge in [0.05, 0.1) is 6.04 Å². The van der Waals surface area contributed by atoms with Crippen LogP contribution in [0, 0.1) is 11.7 Å². The lowest BCUT2D eigenvalue weighted by Gasteiger charge is -2.37. The lowest BCUT2D eigenvalue weighted by molar-refractivity contribution is -0.135. The first-order valence-electron chi connectivity index (χ1n) is 11.7. The maximum atomic E-state index is 14.1. The number of urea groups is 1. The second kappa shape index (κ2) is 12.0. The van der Waals surface area contributed by atoms with E-state index in [0.29, 0.717) is 19.6 Å². The molecule has 0 radical (unpaired) electrons. The molecule has 0 unspecified atom stereocenters. The van der Waals surface area contributed by atoms with Gasteiger partial charge in [-0.25, -0.2) is 9.18 Å². The van der Waals surface area contributed by atoms with Gasteiger partial charge in [-0.3, -0.25) is 4.79 Å². The summed E-state index contributed by atoms with van der Waals surface area (Å²) in [6.45, 7) is 7.96. The Hall–Kier alpha value is -2.61. The Morgan fingerprint density at radius 3 is 2.82 bits per heavy atom. The predicted octanol–water partition coefficient (Wildman–Crippen LogP) is 4.86. The first-order chi connectivity index (χ1) is 15.9. The van der Waals surface area contributed by atoms with Crippen LogP contribution in [0.15, 0.2) is 35.7 Å². The molecule has 0 saturated carbocycles. The Labute approximate surface area is 199 Å². The zero-order valence-electron chi connectivity index (χ0n) is 19.7. The summed E-state index contributed by atoms with van der Waals surface area (Å²) >= 11 is 1.66. The minimum atomic E-state index is -0.427. The first-order valence-corrected chi connectivity index (χ1v) is 12.6. The van der Waals surface area contributed by atoms with E-state index in [4.69, 9.17) is 4.74 Å². The maximum absolute atomic E-state index is 14.1. The molecule has 0 saturated heterocycles. The summed E-state index contributed by atoms with van der Waals surface area (Å²) in [5.74, 6) is -0.0900. The van der Waals surface area contributed by atoms with Gasteiger partial charge in [-0.1, -0.05) is 39.3 Å². The molecule has 1 N–H and O–H groups in total. The summed E-state index contributed by atoms with van der Waals surface area (Å²) < 4.78 is 19.9. The predicted molar refractivity (Wildman–Crippen MR) is 129 cm³/mol. The van der Waals surface area contributed by atoms with Crippen LogP contribution in [0.5, 0.6) is 5.75 Å². The molecule has 6 nitrogen and oxygen atoms in total. The van der Waals surface area contributed by atoms with E-state index in [1.54, 1.807) is 39.3 Å². The van der Waals surface area contributed by atoms with Crippen LogP contribution in [0.3, 0.4) is 0 Å². The third-order valence-electron chi connectivity index (χ3n) is 6.02. The number of carbonyl (C=O) groups excluding carboxylic acids is 2. The highest BCUT2D eigenvalue weighted by atomic mass is 32.1. The van der Waals surface area contributed by atoms with Gasteiger partial charge in [0, 0.05) is 24.5 Å². The van der Waals surface area contributed by atoms with Crippen molar-refractivity contribution in [2.24, 2.45) is 5.92 Å². The van der Waals surface area contributed by atoms with E-state index in [0.717, 1.165) is 24.8 Å². The van der Waals surface area contributed by atoms with Gasteiger partial charge in [-0.2, -0.15) is 0 Å². The summed E-state index contributed by atoms with van der Waals surface area (Å²) in [4.78, 5) is 30.8. The first kappa shape index (κ1) is 25.0. The van der Waals surface area contributed by atoms with Gasteiger partial charge < -0.3 is 19.9 Å². The molecular weight excluding hydrogens is 441 g/mol.